The van der Waals surface area contributed by atoms with E-state index in [-0.39, 0.29) is 0 Å². The van der Waals surface area contributed by atoms with Crippen molar-refractivity contribution in [3.63, 3.8) is 0 Å². The molecule has 0 aliphatic rings. The zero-order valence-corrected chi connectivity index (χ0v) is 12.3. The number of aromatic nitrogens is 3. The largest absolute Gasteiger partial charge is 0.497 e. The number of benzene rings is 1. The van der Waals surface area contributed by atoms with Crippen molar-refractivity contribution in [3.05, 3.63) is 42.0 Å². The molecular formula is C15H22N4O. The smallest absolute Gasteiger partial charge is 0.138 e. The van der Waals surface area contributed by atoms with Gasteiger partial charge in [0, 0.05) is 19.5 Å². The van der Waals surface area contributed by atoms with E-state index in [2.05, 4.69) is 27.5 Å². The molecule has 1 aromatic carbocycles. The lowest BCUT2D eigenvalue weighted by molar-refractivity contribution is 0.414. The van der Waals surface area contributed by atoms with Gasteiger partial charge < -0.3 is 10.1 Å². The first-order chi connectivity index (χ1) is 9.72. The Morgan fingerprint density at radius 2 is 2.05 bits per heavy atom. The highest BCUT2D eigenvalue weighted by atomic mass is 16.5. The van der Waals surface area contributed by atoms with Crippen molar-refractivity contribution in [2.45, 2.75) is 25.3 Å². The van der Waals surface area contributed by atoms with Crippen LogP contribution < -0.4 is 10.1 Å². The fraction of sp³-hybridized carbons (Fsp3) is 0.467. The van der Waals surface area contributed by atoms with E-state index >= 15 is 0 Å². The molecule has 0 saturated carbocycles. The van der Waals surface area contributed by atoms with E-state index in [0.29, 0.717) is 6.04 Å². The number of hydrogen-bond acceptors (Lipinski definition) is 4. The summed E-state index contributed by atoms with van der Waals surface area (Å²) in [5.74, 6) is 1.91. The summed E-state index contributed by atoms with van der Waals surface area (Å²) >= 11 is 0. The van der Waals surface area contributed by atoms with Gasteiger partial charge in [0.2, 0.25) is 0 Å². The second-order valence-electron chi connectivity index (χ2n) is 4.88. The Bertz CT molecular complexity index is 521. The molecule has 20 heavy (non-hydrogen) atoms. The van der Waals surface area contributed by atoms with Crippen LogP contribution in [0, 0.1) is 0 Å². The zero-order chi connectivity index (χ0) is 14.4. The lowest BCUT2D eigenvalue weighted by Crippen LogP contribution is -2.29. The summed E-state index contributed by atoms with van der Waals surface area (Å²) in [5.41, 5.74) is 1.32. The first-order valence-electron chi connectivity index (χ1n) is 6.86. The fourth-order valence-corrected chi connectivity index (χ4v) is 2.21. The van der Waals surface area contributed by atoms with Crippen LogP contribution in [0.1, 0.15) is 17.8 Å². The van der Waals surface area contributed by atoms with Crippen molar-refractivity contribution in [3.8, 4) is 5.75 Å². The summed E-state index contributed by atoms with van der Waals surface area (Å²) in [6.07, 6.45) is 4.59. The Labute approximate surface area is 120 Å². The average Bonchev–Trinajstić information content (AvgIpc) is 2.89. The van der Waals surface area contributed by atoms with Gasteiger partial charge in [-0.25, -0.2) is 4.98 Å². The Kier molecular flexibility index (Phi) is 5.12. The van der Waals surface area contributed by atoms with Crippen molar-refractivity contribution in [2.75, 3.05) is 14.2 Å². The van der Waals surface area contributed by atoms with Crippen LogP contribution in [0.15, 0.2) is 30.6 Å². The third-order valence-electron chi connectivity index (χ3n) is 3.58. The minimum atomic E-state index is 0.403. The Balaban J connectivity index is 1.88. The van der Waals surface area contributed by atoms with Gasteiger partial charge in [0.05, 0.1) is 7.11 Å². The highest BCUT2D eigenvalue weighted by Crippen LogP contribution is 2.14. The van der Waals surface area contributed by atoms with Gasteiger partial charge in [0.25, 0.3) is 0 Å². The number of aryl methyl sites for hydroxylation is 2. The van der Waals surface area contributed by atoms with Gasteiger partial charge in [-0.05, 0) is 37.6 Å². The number of methoxy groups -OCH3 is 1. The summed E-state index contributed by atoms with van der Waals surface area (Å²) in [6, 6.07) is 8.65. The maximum absolute atomic E-state index is 5.17. The lowest BCUT2D eigenvalue weighted by Gasteiger charge is -2.15. The molecule has 1 atom stereocenters. The van der Waals surface area contributed by atoms with E-state index in [9.17, 15) is 0 Å². The molecule has 0 saturated heterocycles. The molecule has 0 spiro atoms. The molecule has 0 aliphatic carbocycles. The molecule has 0 aliphatic heterocycles. The Morgan fingerprint density at radius 1 is 1.30 bits per heavy atom. The average molecular weight is 274 g/mol. The van der Waals surface area contributed by atoms with Gasteiger partial charge in [-0.15, -0.1) is 0 Å². The van der Waals surface area contributed by atoms with Gasteiger partial charge in [0.15, 0.2) is 0 Å². The molecule has 1 heterocycles. The normalized spacial score (nSPS) is 12.3. The van der Waals surface area contributed by atoms with Crippen LogP contribution in [0.3, 0.4) is 0 Å². The highest BCUT2D eigenvalue weighted by Gasteiger charge is 2.11. The number of nitrogens with zero attached hydrogens (tertiary/aromatic N) is 3. The molecule has 1 unspecified atom stereocenters. The predicted octanol–water partition coefficient (Wildman–Crippen LogP) is 1.59. The lowest BCUT2D eigenvalue weighted by atomic mass is 10.0. The Morgan fingerprint density at radius 3 is 2.60 bits per heavy atom. The molecule has 1 N–H and O–H groups in total. The van der Waals surface area contributed by atoms with E-state index < -0.39 is 0 Å². The topological polar surface area (TPSA) is 52.0 Å². The van der Waals surface area contributed by atoms with E-state index in [0.717, 1.165) is 30.8 Å². The summed E-state index contributed by atoms with van der Waals surface area (Å²) in [5, 5.41) is 7.46. The molecule has 108 valence electrons. The zero-order valence-electron chi connectivity index (χ0n) is 12.3. The van der Waals surface area contributed by atoms with Gasteiger partial charge in [-0.2, -0.15) is 5.10 Å². The monoisotopic (exact) mass is 274 g/mol. The summed E-state index contributed by atoms with van der Waals surface area (Å²) < 4.78 is 7.00. The van der Waals surface area contributed by atoms with Crippen LogP contribution >= 0.6 is 0 Å². The van der Waals surface area contributed by atoms with Crippen molar-refractivity contribution in [1.29, 1.82) is 0 Å². The van der Waals surface area contributed by atoms with E-state index in [1.165, 1.54) is 5.56 Å². The van der Waals surface area contributed by atoms with Crippen LogP contribution in [0.2, 0.25) is 0 Å². The number of hydrogen-bond donors (Lipinski definition) is 1. The van der Waals surface area contributed by atoms with Crippen molar-refractivity contribution in [1.82, 2.24) is 20.1 Å². The predicted molar refractivity (Wildman–Crippen MR) is 78.9 cm³/mol. The minimum Gasteiger partial charge on any atom is -0.497 e. The Hall–Kier alpha value is -1.88. The van der Waals surface area contributed by atoms with E-state index in [1.54, 1.807) is 13.4 Å². The van der Waals surface area contributed by atoms with Gasteiger partial charge in [-0.3, -0.25) is 4.68 Å². The highest BCUT2D eigenvalue weighted by molar-refractivity contribution is 5.27. The second-order valence-corrected chi connectivity index (χ2v) is 4.88. The third-order valence-corrected chi connectivity index (χ3v) is 3.58. The van der Waals surface area contributed by atoms with Gasteiger partial charge >= 0.3 is 0 Å². The quantitative estimate of drug-likeness (QED) is 0.833. The van der Waals surface area contributed by atoms with Crippen molar-refractivity contribution < 1.29 is 4.74 Å². The number of ether oxygens (including phenoxy) is 1. The molecule has 0 fully saturated rings. The number of likely N-dealkylation sites (N-methyl/N-ethyl adjacent to an activating group) is 1. The molecular weight excluding hydrogens is 252 g/mol. The molecule has 5 heteroatoms. The van der Waals surface area contributed by atoms with Gasteiger partial charge in [-0.1, -0.05) is 12.1 Å². The summed E-state index contributed by atoms with van der Waals surface area (Å²) in [7, 11) is 5.61. The molecule has 2 aromatic rings. The summed E-state index contributed by atoms with van der Waals surface area (Å²) in [4.78, 5) is 4.28. The maximum Gasteiger partial charge on any atom is 0.138 e. The van der Waals surface area contributed by atoms with Crippen LogP contribution in [0.4, 0.5) is 0 Å². The van der Waals surface area contributed by atoms with Crippen molar-refractivity contribution in [2.24, 2.45) is 7.05 Å². The SMILES string of the molecule is CNC(CCc1ccc(OC)cc1)Cc1ncnn1C. The number of rotatable bonds is 7. The molecule has 2 rings (SSSR count). The third kappa shape index (κ3) is 3.81. The van der Waals surface area contributed by atoms with E-state index in [1.807, 2.05) is 30.9 Å². The van der Waals surface area contributed by atoms with Gasteiger partial charge in [0.1, 0.15) is 17.9 Å². The standard InChI is InChI=1S/C15H22N4O/c1-16-13(10-15-17-11-18-19(15)2)7-4-12-5-8-14(20-3)9-6-12/h5-6,8-9,11,13,16H,4,7,10H2,1-3H3. The molecule has 0 radical (unpaired) electrons. The van der Waals surface area contributed by atoms with E-state index in [4.69, 9.17) is 4.74 Å². The second kappa shape index (κ2) is 7.05. The number of nitrogens with one attached hydrogen (secondary N) is 1. The fourth-order valence-electron chi connectivity index (χ4n) is 2.21. The summed E-state index contributed by atoms with van der Waals surface area (Å²) in [6.45, 7) is 0. The van der Waals surface area contributed by atoms with Crippen LogP contribution in [-0.4, -0.2) is 35.0 Å². The maximum atomic E-state index is 5.17. The first-order valence-corrected chi connectivity index (χ1v) is 6.86. The van der Waals surface area contributed by atoms with Crippen LogP contribution in [0.5, 0.6) is 5.75 Å². The minimum absolute atomic E-state index is 0.403. The van der Waals surface area contributed by atoms with Crippen molar-refractivity contribution >= 4 is 0 Å². The van der Waals surface area contributed by atoms with Crippen LogP contribution in [0.25, 0.3) is 0 Å². The molecule has 5 nitrogen and oxygen atoms in total. The first kappa shape index (κ1) is 14.5. The molecule has 0 bridgehead atoms. The molecule has 1 aromatic heterocycles. The van der Waals surface area contributed by atoms with Crippen LogP contribution in [-0.2, 0) is 19.9 Å². The molecule has 0 amide bonds.